The molecule has 23 heavy (non-hydrogen) atoms. The molecule has 0 aliphatic carbocycles. The number of anilines is 1. The number of hydrogen-bond acceptors (Lipinski definition) is 4. The number of carbonyl (C=O) groups is 2. The Kier molecular flexibility index (Phi) is 5.60. The van der Waals surface area contributed by atoms with Crippen molar-refractivity contribution in [2.75, 3.05) is 19.0 Å². The number of ketones is 1. The van der Waals surface area contributed by atoms with Crippen molar-refractivity contribution in [3.05, 3.63) is 53.1 Å². The summed E-state index contributed by atoms with van der Waals surface area (Å²) in [4.78, 5) is 23.5. The fraction of sp³-hybridized carbons (Fsp3) is 0.176. The molecule has 0 fully saturated rings. The third kappa shape index (κ3) is 4.72. The molecular weight excluding hydrogens is 318 g/mol. The molecule has 0 saturated carbocycles. The number of carbonyl (C=O) groups excluding carboxylic acids is 2. The summed E-state index contributed by atoms with van der Waals surface area (Å²) in [6, 6.07) is 11.6. The van der Waals surface area contributed by atoms with Crippen LogP contribution in [0.5, 0.6) is 11.5 Å². The highest BCUT2D eigenvalue weighted by Gasteiger charge is 2.12. The number of methoxy groups -OCH3 is 1. The lowest BCUT2D eigenvalue weighted by atomic mass is 10.1. The minimum Gasteiger partial charge on any atom is -0.497 e. The number of Topliss-reactive ketones (excluding diaryl/α,β-unsaturated/α-hetero) is 1. The van der Waals surface area contributed by atoms with Crippen LogP contribution in [0.1, 0.15) is 17.3 Å². The molecule has 2 aromatic rings. The van der Waals surface area contributed by atoms with Crippen LogP contribution in [0, 0.1) is 0 Å². The Balaban J connectivity index is 2.05. The Morgan fingerprint density at radius 2 is 1.96 bits per heavy atom. The molecule has 0 aromatic heterocycles. The number of hydrogen-bond donors (Lipinski definition) is 1. The van der Waals surface area contributed by atoms with Crippen molar-refractivity contribution in [2.24, 2.45) is 0 Å². The smallest absolute Gasteiger partial charge is 0.262 e. The molecule has 0 heterocycles. The van der Waals surface area contributed by atoms with Crippen LogP contribution in [0.2, 0.25) is 5.02 Å². The minimum atomic E-state index is -0.357. The first-order valence-electron chi connectivity index (χ1n) is 6.87. The lowest BCUT2D eigenvalue weighted by Crippen LogP contribution is -2.20. The second kappa shape index (κ2) is 7.65. The zero-order chi connectivity index (χ0) is 16.8. The molecule has 0 saturated heterocycles. The van der Waals surface area contributed by atoms with E-state index >= 15 is 0 Å². The van der Waals surface area contributed by atoms with Crippen molar-refractivity contribution >= 4 is 29.0 Å². The number of ether oxygens (including phenoxy) is 2. The Labute approximate surface area is 139 Å². The first kappa shape index (κ1) is 16.8. The van der Waals surface area contributed by atoms with Gasteiger partial charge in [-0.2, -0.15) is 0 Å². The molecule has 0 radical (unpaired) electrons. The first-order chi connectivity index (χ1) is 11.0. The zero-order valence-electron chi connectivity index (χ0n) is 12.8. The zero-order valence-corrected chi connectivity index (χ0v) is 13.5. The summed E-state index contributed by atoms with van der Waals surface area (Å²) in [5, 5.41) is 3.19. The van der Waals surface area contributed by atoms with E-state index in [1.165, 1.54) is 14.0 Å². The predicted octanol–water partition coefficient (Wildman–Crippen LogP) is 3.57. The SMILES string of the molecule is COc1ccc(C(C)=O)c(OCC(=O)Nc2cccc(Cl)c2)c1. The molecule has 120 valence electrons. The van der Waals surface area contributed by atoms with Crippen LogP contribution in [0.15, 0.2) is 42.5 Å². The Morgan fingerprint density at radius 1 is 1.17 bits per heavy atom. The molecule has 0 aliphatic heterocycles. The van der Waals surface area contributed by atoms with E-state index in [1.807, 2.05) is 0 Å². The van der Waals surface area contributed by atoms with Crippen molar-refractivity contribution in [1.29, 1.82) is 0 Å². The summed E-state index contributed by atoms with van der Waals surface area (Å²) in [6.07, 6.45) is 0. The van der Waals surface area contributed by atoms with E-state index < -0.39 is 0 Å². The molecule has 6 heteroatoms. The van der Waals surface area contributed by atoms with E-state index in [-0.39, 0.29) is 18.3 Å². The van der Waals surface area contributed by atoms with E-state index in [1.54, 1.807) is 42.5 Å². The van der Waals surface area contributed by atoms with Gasteiger partial charge >= 0.3 is 0 Å². The van der Waals surface area contributed by atoms with E-state index in [2.05, 4.69) is 5.32 Å². The number of amides is 1. The molecule has 5 nitrogen and oxygen atoms in total. The highest BCUT2D eigenvalue weighted by molar-refractivity contribution is 6.30. The van der Waals surface area contributed by atoms with Gasteiger partial charge in [0.05, 0.1) is 12.7 Å². The third-order valence-electron chi connectivity index (χ3n) is 3.04. The van der Waals surface area contributed by atoms with Crippen LogP contribution in [-0.4, -0.2) is 25.4 Å². The lowest BCUT2D eigenvalue weighted by molar-refractivity contribution is -0.118. The van der Waals surface area contributed by atoms with Gasteiger partial charge in [-0.05, 0) is 37.3 Å². The second-order valence-corrected chi connectivity index (χ2v) is 5.20. The average molecular weight is 334 g/mol. The standard InChI is InChI=1S/C17H16ClNO4/c1-11(20)15-7-6-14(22-2)9-16(15)23-10-17(21)19-13-5-3-4-12(18)8-13/h3-9H,10H2,1-2H3,(H,19,21). The molecule has 0 unspecified atom stereocenters. The van der Waals surface area contributed by atoms with Gasteiger partial charge in [0.2, 0.25) is 0 Å². The van der Waals surface area contributed by atoms with Crippen molar-refractivity contribution in [3.8, 4) is 11.5 Å². The molecule has 2 rings (SSSR count). The van der Waals surface area contributed by atoms with Crippen LogP contribution in [-0.2, 0) is 4.79 Å². The van der Waals surface area contributed by atoms with Gasteiger partial charge < -0.3 is 14.8 Å². The monoisotopic (exact) mass is 333 g/mol. The molecule has 0 atom stereocenters. The highest BCUT2D eigenvalue weighted by Crippen LogP contribution is 2.25. The summed E-state index contributed by atoms with van der Waals surface area (Å²) in [7, 11) is 1.51. The molecule has 1 amide bonds. The largest absolute Gasteiger partial charge is 0.497 e. The molecule has 0 aliphatic rings. The van der Waals surface area contributed by atoms with Gasteiger partial charge in [0, 0.05) is 16.8 Å². The summed E-state index contributed by atoms with van der Waals surface area (Å²) < 4.78 is 10.6. The normalized spacial score (nSPS) is 10.0. The van der Waals surface area contributed by atoms with Crippen molar-refractivity contribution < 1.29 is 19.1 Å². The van der Waals surface area contributed by atoms with Gasteiger partial charge in [-0.25, -0.2) is 0 Å². The van der Waals surface area contributed by atoms with Gasteiger partial charge in [0.1, 0.15) is 11.5 Å². The van der Waals surface area contributed by atoms with Gasteiger partial charge in [-0.1, -0.05) is 17.7 Å². The maximum absolute atomic E-state index is 11.9. The molecule has 1 N–H and O–H groups in total. The maximum atomic E-state index is 11.9. The number of nitrogens with one attached hydrogen (secondary N) is 1. The minimum absolute atomic E-state index is 0.155. The Bertz CT molecular complexity index is 730. The van der Waals surface area contributed by atoms with E-state index in [0.29, 0.717) is 27.8 Å². The summed E-state index contributed by atoms with van der Waals surface area (Å²) in [5.41, 5.74) is 0.963. The van der Waals surface area contributed by atoms with Crippen LogP contribution < -0.4 is 14.8 Å². The number of benzene rings is 2. The van der Waals surface area contributed by atoms with E-state index in [0.717, 1.165) is 0 Å². The number of halogens is 1. The van der Waals surface area contributed by atoms with Gasteiger partial charge in [-0.15, -0.1) is 0 Å². The van der Waals surface area contributed by atoms with Crippen molar-refractivity contribution in [1.82, 2.24) is 0 Å². The van der Waals surface area contributed by atoms with E-state index in [9.17, 15) is 9.59 Å². The summed E-state index contributed by atoms with van der Waals surface area (Å²) >= 11 is 5.86. The molecular formula is C17H16ClNO4. The van der Waals surface area contributed by atoms with Gasteiger partial charge in [0.15, 0.2) is 12.4 Å². The lowest BCUT2D eigenvalue weighted by Gasteiger charge is -2.11. The van der Waals surface area contributed by atoms with Crippen molar-refractivity contribution in [3.63, 3.8) is 0 Å². The summed E-state index contributed by atoms with van der Waals surface area (Å²) in [6.45, 7) is 1.20. The number of rotatable bonds is 6. The fourth-order valence-electron chi connectivity index (χ4n) is 1.95. The highest BCUT2D eigenvalue weighted by atomic mass is 35.5. The third-order valence-corrected chi connectivity index (χ3v) is 3.27. The quantitative estimate of drug-likeness (QED) is 0.821. The van der Waals surface area contributed by atoms with Crippen molar-refractivity contribution in [2.45, 2.75) is 6.92 Å². The molecule has 0 spiro atoms. The summed E-state index contributed by atoms with van der Waals surface area (Å²) in [5.74, 6) is 0.334. The van der Waals surface area contributed by atoms with Gasteiger partial charge in [0.25, 0.3) is 5.91 Å². The van der Waals surface area contributed by atoms with Crippen LogP contribution in [0.25, 0.3) is 0 Å². The van der Waals surface area contributed by atoms with Crippen LogP contribution in [0.4, 0.5) is 5.69 Å². The molecule has 2 aromatic carbocycles. The second-order valence-electron chi connectivity index (χ2n) is 4.77. The van der Waals surface area contributed by atoms with E-state index in [4.69, 9.17) is 21.1 Å². The first-order valence-corrected chi connectivity index (χ1v) is 7.24. The Morgan fingerprint density at radius 3 is 2.61 bits per heavy atom. The molecule has 0 bridgehead atoms. The Hall–Kier alpha value is -2.53. The topological polar surface area (TPSA) is 64.6 Å². The van der Waals surface area contributed by atoms with Crippen LogP contribution >= 0.6 is 11.6 Å². The fourth-order valence-corrected chi connectivity index (χ4v) is 2.14. The predicted molar refractivity (Wildman–Crippen MR) is 88.6 cm³/mol. The maximum Gasteiger partial charge on any atom is 0.262 e. The van der Waals surface area contributed by atoms with Crippen LogP contribution in [0.3, 0.4) is 0 Å². The average Bonchev–Trinajstić information content (AvgIpc) is 2.52. The van der Waals surface area contributed by atoms with Gasteiger partial charge in [-0.3, -0.25) is 9.59 Å².